The Labute approximate surface area is 209 Å². The molecule has 1 heterocycles. The molecule has 0 atom stereocenters. The van der Waals surface area contributed by atoms with E-state index in [0.717, 1.165) is 28.9 Å². The van der Waals surface area contributed by atoms with Crippen LogP contribution in [0.25, 0.3) is 16.3 Å². The SMILES string of the molecule is CCN(CC)CCN(C(=O)C=Cc1cccc([N+](=O)[O-])c1)c1nc2c(OC)ccc(C)c2s1.Cl. The van der Waals surface area contributed by atoms with E-state index < -0.39 is 4.92 Å². The van der Waals surface area contributed by atoms with Gasteiger partial charge in [-0.15, -0.1) is 12.4 Å². The van der Waals surface area contributed by atoms with Gasteiger partial charge in [0.1, 0.15) is 11.3 Å². The number of carbonyl (C=O) groups is 1. The molecule has 10 heteroatoms. The van der Waals surface area contributed by atoms with Crippen LogP contribution in [-0.4, -0.2) is 54.0 Å². The number of fused-ring (bicyclic) bond motifs is 1. The summed E-state index contributed by atoms with van der Waals surface area (Å²) in [6.45, 7) is 9.13. The average Bonchev–Trinajstić information content (AvgIpc) is 3.27. The highest BCUT2D eigenvalue weighted by molar-refractivity contribution is 7.22. The van der Waals surface area contributed by atoms with Crippen LogP contribution >= 0.6 is 23.7 Å². The van der Waals surface area contributed by atoms with Crippen molar-refractivity contribution < 1.29 is 14.5 Å². The maximum atomic E-state index is 13.3. The number of nitro benzene ring substituents is 1. The lowest BCUT2D eigenvalue weighted by Crippen LogP contribution is -2.38. The van der Waals surface area contributed by atoms with E-state index in [9.17, 15) is 14.9 Å². The number of thiazole rings is 1. The molecule has 8 nitrogen and oxygen atoms in total. The fourth-order valence-electron chi connectivity index (χ4n) is 3.46. The third-order valence-electron chi connectivity index (χ3n) is 5.44. The van der Waals surface area contributed by atoms with Crippen molar-refractivity contribution in [2.24, 2.45) is 0 Å². The molecular weight excluding hydrogens is 476 g/mol. The molecule has 3 aromatic rings. The highest BCUT2D eigenvalue weighted by atomic mass is 35.5. The molecule has 34 heavy (non-hydrogen) atoms. The van der Waals surface area contributed by atoms with Crippen LogP contribution in [0.15, 0.2) is 42.5 Å². The van der Waals surface area contributed by atoms with Crippen molar-refractivity contribution in [3.8, 4) is 5.75 Å². The minimum atomic E-state index is -0.452. The van der Waals surface area contributed by atoms with Crippen molar-refractivity contribution in [3.05, 3.63) is 63.7 Å². The molecule has 0 unspecified atom stereocenters. The summed E-state index contributed by atoms with van der Waals surface area (Å²) >= 11 is 1.46. The van der Waals surface area contributed by atoms with Crippen LogP contribution in [-0.2, 0) is 4.79 Å². The van der Waals surface area contributed by atoms with Gasteiger partial charge in [-0.25, -0.2) is 4.98 Å². The van der Waals surface area contributed by atoms with Crippen molar-refractivity contribution in [1.29, 1.82) is 0 Å². The minimum absolute atomic E-state index is 0. The number of halogens is 1. The molecular formula is C24H29ClN4O4S. The third kappa shape index (κ3) is 6.31. The molecule has 0 radical (unpaired) electrons. The molecule has 3 rings (SSSR count). The van der Waals surface area contributed by atoms with E-state index >= 15 is 0 Å². The fourth-order valence-corrected chi connectivity index (χ4v) is 4.54. The molecule has 1 aromatic heterocycles. The van der Waals surface area contributed by atoms with Crippen LogP contribution < -0.4 is 9.64 Å². The molecule has 1 amide bonds. The highest BCUT2D eigenvalue weighted by Gasteiger charge is 2.21. The van der Waals surface area contributed by atoms with Crippen LogP contribution in [0.4, 0.5) is 10.8 Å². The molecule has 0 bridgehead atoms. The predicted octanol–water partition coefficient (Wildman–Crippen LogP) is 5.33. The molecule has 0 aliphatic rings. The Bertz CT molecular complexity index is 1180. The van der Waals surface area contributed by atoms with E-state index in [1.165, 1.54) is 29.5 Å². The number of aryl methyl sites for hydroxylation is 1. The van der Waals surface area contributed by atoms with Gasteiger partial charge in [-0.2, -0.15) is 0 Å². The van der Waals surface area contributed by atoms with Crippen LogP contribution in [0.1, 0.15) is 25.0 Å². The lowest BCUT2D eigenvalue weighted by atomic mass is 10.2. The predicted molar refractivity (Wildman–Crippen MR) is 140 cm³/mol. The summed E-state index contributed by atoms with van der Waals surface area (Å²) < 4.78 is 6.45. The summed E-state index contributed by atoms with van der Waals surface area (Å²) in [6.07, 6.45) is 3.04. The van der Waals surface area contributed by atoms with Gasteiger partial charge in [-0.3, -0.25) is 19.8 Å². The summed E-state index contributed by atoms with van der Waals surface area (Å²) in [5.41, 5.74) is 2.37. The van der Waals surface area contributed by atoms with Gasteiger partial charge in [0.2, 0.25) is 0 Å². The van der Waals surface area contributed by atoms with E-state index in [-0.39, 0.29) is 24.0 Å². The second kappa shape index (κ2) is 12.5. The van der Waals surface area contributed by atoms with Crippen molar-refractivity contribution >= 4 is 56.8 Å². The molecule has 0 fully saturated rings. The van der Waals surface area contributed by atoms with Crippen LogP contribution in [0.2, 0.25) is 0 Å². The Balaban J connectivity index is 0.00000408. The lowest BCUT2D eigenvalue weighted by molar-refractivity contribution is -0.384. The quantitative estimate of drug-likeness (QED) is 0.210. The summed E-state index contributed by atoms with van der Waals surface area (Å²) in [5.74, 6) is 0.436. The van der Waals surface area contributed by atoms with Crippen LogP contribution in [0.3, 0.4) is 0 Å². The number of hydrogen-bond acceptors (Lipinski definition) is 7. The minimum Gasteiger partial charge on any atom is -0.494 e. The number of anilines is 1. The molecule has 0 aliphatic heterocycles. The number of hydrogen-bond donors (Lipinski definition) is 0. The standard InChI is InChI=1S/C24H28N4O4S.ClH/c1-5-26(6-2)14-15-27(21(29)13-11-18-8-7-9-19(16-18)28(30)31)24-25-22-20(32-4)12-10-17(3)23(22)33-24;/h7-13,16H,5-6,14-15H2,1-4H3;1H. The zero-order valence-corrected chi connectivity index (χ0v) is 21.3. The Morgan fingerprint density at radius 2 is 1.94 bits per heavy atom. The van der Waals surface area contributed by atoms with E-state index in [0.29, 0.717) is 29.5 Å². The number of ether oxygens (including phenoxy) is 1. The Hall–Kier alpha value is -3.01. The maximum Gasteiger partial charge on any atom is 0.270 e. The van der Waals surface area contributed by atoms with E-state index in [2.05, 4.69) is 18.7 Å². The van der Waals surface area contributed by atoms with Gasteiger partial charge >= 0.3 is 0 Å². The van der Waals surface area contributed by atoms with Gasteiger partial charge < -0.3 is 9.64 Å². The van der Waals surface area contributed by atoms with Gasteiger partial charge in [0, 0.05) is 31.3 Å². The number of methoxy groups -OCH3 is 1. The number of rotatable bonds is 10. The maximum absolute atomic E-state index is 13.3. The van der Waals surface area contributed by atoms with Crippen molar-refractivity contribution in [2.45, 2.75) is 20.8 Å². The first-order valence-corrected chi connectivity index (χ1v) is 11.6. The molecule has 0 saturated carbocycles. The number of benzene rings is 2. The van der Waals surface area contributed by atoms with Gasteiger partial charge in [-0.05, 0) is 43.3 Å². The normalized spacial score (nSPS) is 11.1. The lowest BCUT2D eigenvalue weighted by Gasteiger charge is -2.23. The number of amides is 1. The van der Waals surface area contributed by atoms with Crippen LogP contribution in [0, 0.1) is 17.0 Å². The molecule has 0 spiro atoms. The Kier molecular flexibility index (Phi) is 9.97. The highest BCUT2D eigenvalue weighted by Crippen LogP contribution is 2.36. The first-order chi connectivity index (χ1) is 15.9. The largest absolute Gasteiger partial charge is 0.494 e. The Morgan fingerprint density at radius 3 is 2.59 bits per heavy atom. The monoisotopic (exact) mass is 504 g/mol. The average molecular weight is 505 g/mol. The van der Waals surface area contributed by atoms with Gasteiger partial charge in [0.05, 0.1) is 16.7 Å². The molecule has 2 aromatic carbocycles. The zero-order chi connectivity index (χ0) is 24.0. The summed E-state index contributed by atoms with van der Waals surface area (Å²) in [5, 5.41) is 11.6. The van der Waals surface area contributed by atoms with Crippen molar-refractivity contribution in [2.75, 3.05) is 38.2 Å². The van der Waals surface area contributed by atoms with E-state index in [1.54, 1.807) is 30.2 Å². The number of likely N-dealkylation sites (N-methyl/N-ethyl adjacent to an activating group) is 1. The summed E-state index contributed by atoms with van der Waals surface area (Å²) in [4.78, 5) is 32.5. The van der Waals surface area contributed by atoms with Crippen molar-refractivity contribution in [3.63, 3.8) is 0 Å². The second-order valence-electron chi connectivity index (χ2n) is 7.46. The van der Waals surface area contributed by atoms with E-state index in [1.807, 2.05) is 19.1 Å². The topological polar surface area (TPSA) is 88.8 Å². The smallest absolute Gasteiger partial charge is 0.270 e. The number of nitrogens with zero attached hydrogens (tertiary/aromatic N) is 4. The third-order valence-corrected chi connectivity index (χ3v) is 6.66. The summed E-state index contributed by atoms with van der Waals surface area (Å²) in [6, 6.07) is 10.0. The van der Waals surface area contributed by atoms with Crippen molar-refractivity contribution in [1.82, 2.24) is 9.88 Å². The molecule has 182 valence electrons. The molecule has 0 N–H and O–H groups in total. The van der Waals surface area contributed by atoms with Gasteiger partial charge in [0.15, 0.2) is 5.13 Å². The number of aromatic nitrogens is 1. The Morgan fingerprint density at radius 1 is 1.21 bits per heavy atom. The zero-order valence-electron chi connectivity index (χ0n) is 19.7. The molecule has 0 aliphatic carbocycles. The van der Waals surface area contributed by atoms with E-state index in [4.69, 9.17) is 9.72 Å². The molecule has 0 saturated heterocycles. The van der Waals surface area contributed by atoms with Gasteiger partial charge in [-0.1, -0.05) is 43.4 Å². The van der Waals surface area contributed by atoms with Gasteiger partial charge in [0.25, 0.3) is 11.6 Å². The fraction of sp³-hybridized carbons (Fsp3) is 0.333. The number of carbonyl (C=O) groups excluding carboxylic acids is 1. The summed E-state index contributed by atoms with van der Waals surface area (Å²) in [7, 11) is 1.61. The first kappa shape index (κ1) is 27.2. The first-order valence-electron chi connectivity index (χ1n) is 10.8. The number of non-ortho nitro benzene ring substituents is 1. The number of nitro groups is 1. The second-order valence-corrected chi connectivity index (χ2v) is 8.44. The van der Waals surface area contributed by atoms with Crippen LogP contribution in [0.5, 0.6) is 5.75 Å².